The third-order valence-corrected chi connectivity index (χ3v) is 3.35. The average Bonchev–Trinajstić information content (AvgIpc) is 2.81. The summed E-state index contributed by atoms with van der Waals surface area (Å²) in [5.41, 5.74) is 6.63. The smallest absolute Gasteiger partial charge is 0.124 e. The molecular formula is C14H20N2S. The van der Waals surface area contributed by atoms with Crippen LogP contribution in [0.4, 0.5) is 5.82 Å². The van der Waals surface area contributed by atoms with Gasteiger partial charge in [0.2, 0.25) is 0 Å². The predicted octanol–water partition coefficient (Wildman–Crippen LogP) is 4.37. The molecule has 0 aliphatic heterocycles. The van der Waals surface area contributed by atoms with E-state index in [2.05, 4.69) is 24.0 Å². The molecule has 2 N–H and O–H groups in total. The third-order valence-electron chi connectivity index (χ3n) is 2.18. The van der Waals surface area contributed by atoms with Crippen LogP contribution in [0.15, 0.2) is 30.3 Å². The number of thiophene rings is 1. The van der Waals surface area contributed by atoms with Crippen LogP contribution in [0.1, 0.15) is 32.1 Å². The maximum atomic E-state index is 5.65. The lowest BCUT2D eigenvalue weighted by atomic mass is 10.2. The highest BCUT2D eigenvalue weighted by Crippen LogP contribution is 2.27. The van der Waals surface area contributed by atoms with Crippen molar-refractivity contribution in [2.45, 2.75) is 33.6 Å². The molecule has 92 valence electrons. The van der Waals surface area contributed by atoms with Gasteiger partial charge in [0.25, 0.3) is 0 Å². The van der Waals surface area contributed by atoms with E-state index in [-0.39, 0.29) is 0 Å². The minimum absolute atomic E-state index is 0.581. The van der Waals surface area contributed by atoms with Crippen LogP contribution < -0.4 is 5.73 Å². The molecule has 0 unspecified atom stereocenters. The Morgan fingerprint density at radius 2 is 1.94 bits per heavy atom. The molecule has 0 aliphatic carbocycles. The SMILES string of the molecule is CC.CCCc1ccc(-c2cccc(N)n2)s1. The van der Waals surface area contributed by atoms with Gasteiger partial charge >= 0.3 is 0 Å². The Morgan fingerprint density at radius 1 is 1.18 bits per heavy atom. The van der Waals surface area contributed by atoms with Crippen molar-refractivity contribution in [1.29, 1.82) is 0 Å². The van der Waals surface area contributed by atoms with Crippen molar-refractivity contribution in [3.05, 3.63) is 35.2 Å². The molecule has 17 heavy (non-hydrogen) atoms. The van der Waals surface area contributed by atoms with Crippen molar-refractivity contribution < 1.29 is 0 Å². The van der Waals surface area contributed by atoms with Crippen molar-refractivity contribution in [2.75, 3.05) is 5.73 Å². The van der Waals surface area contributed by atoms with Gasteiger partial charge < -0.3 is 5.73 Å². The highest BCUT2D eigenvalue weighted by atomic mass is 32.1. The molecule has 0 aromatic carbocycles. The van der Waals surface area contributed by atoms with Gasteiger partial charge in [0, 0.05) is 4.88 Å². The molecule has 0 saturated carbocycles. The van der Waals surface area contributed by atoms with Crippen LogP contribution in [0.3, 0.4) is 0 Å². The van der Waals surface area contributed by atoms with E-state index in [0.717, 1.165) is 12.1 Å². The molecule has 0 bridgehead atoms. The van der Waals surface area contributed by atoms with E-state index >= 15 is 0 Å². The highest BCUT2D eigenvalue weighted by molar-refractivity contribution is 7.15. The summed E-state index contributed by atoms with van der Waals surface area (Å²) in [5, 5.41) is 0. The normalized spacial score (nSPS) is 9.59. The lowest BCUT2D eigenvalue weighted by Crippen LogP contribution is -1.89. The van der Waals surface area contributed by atoms with E-state index < -0.39 is 0 Å². The molecule has 2 aromatic rings. The number of hydrogen-bond acceptors (Lipinski definition) is 3. The fourth-order valence-corrected chi connectivity index (χ4v) is 2.56. The molecule has 2 rings (SSSR count). The highest BCUT2D eigenvalue weighted by Gasteiger charge is 2.03. The second-order valence-electron chi connectivity index (χ2n) is 3.46. The fourth-order valence-electron chi connectivity index (χ4n) is 1.49. The first-order valence-electron chi connectivity index (χ1n) is 6.11. The lowest BCUT2D eigenvalue weighted by molar-refractivity contribution is 0.940. The topological polar surface area (TPSA) is 38.9 Å². The van der Waals surface area contributed by atoms with Crippen LogP contribution in [-0.4, -0.2) is 4.98 Å². The summed E-state index contributed by atoms with van der Waals surface area (Å²) < 4.78 is 0. The number of rotatable bonds is 3. The van der Waals surface area contributed by atoms with Crippen LogP contribution in [0.5, 0.6) is 0 Å². The zero-order valence-corrected chi connectivity index (χ0v) is 11.6. The number of nitrogens with zero attached hydrogens (tertiary/aromatic N) is 1. The van der Waals surface area contributed by atoms with Crippen LogP contribution in [0.2, 0.25) is 0 Å². The largest absolute Gasteiger partial charge is 0.384 e. The van der Waals surface area contributed by atoms with Gasteiger partial charge in [0.15, 0.2) is 0 Å². The van der Waals surface area contributed by atoms with Gasteiger partial charge in [-0.15, -0.1) is 11.3 Å². The molecule has 0 amide bonds. The number of nitrogen functional groups attached to an aromatic ring is 1. The molecule has 2 nitrogen and oxygen atoms in total. The molecule has 0 radical (unpaired) electrons. The Labute approximate surface area is 108 Å². The minimum Gasteiger partial charge on any atom is -0.384 e. The number of pyridine rings is 1. The van der Waals surface area contributed by atoms with Crippen LogP contribution in [-0.2, 0) is 6.42 Å². The zero-order valence-electron chi connectivity index (χ0n) is 10.7. The van der Waals surface area contributed by atoms with E-state index in [4.69, 9.17) is 5.73 Å². The number of anilines is 1. The van der Waals surface area contributed by atoms with E-state index in [1.807, 2.05) is 32.0 Å². The Balaban J connectivity index is 0.000000686. The van der Waals surface area contributed by atoms with Crippen LogP contribution in [0, 0.1) is 0 Å². The third kappa shape index (κ3) is 3.86. The van der Waals surface area contributed by atoms with E-state index in [9.17, 15) is 0 Å². The Morgan fingerprint density at radius 3 is 2.59 bits per heavy atom. The Hall–Kier alpha value is -1.35. The molecule has 0 atom stereocenters. The van der Waals surface area contributed by atoms with Gasteiger partial charge in [-0.2, -0.15) is 0 Å². The van der Waals surface area contributed by atoms with E-state index in [0.29, 0.717) is 5.82 Å². The van der Waals surface area contributed by atoms with Crippen molar-refractivity contribution in [3.63, 3.8) is 0 Å². The summed E-state index contributed by atoms with van der Waals surface area (Å²) in [7, 11) is 0. The monoisotopic (exact) mass is 248 g/mol. The van der Waals surface area contributed by atoms with Crippen molar-refractivity contribution in [3.8, 4) is 10.6 Å². The molecule has 0 aliphatic rings. The summed E-state index contributed by atoms with van der Waals surface area (Å²) in [6, 6.07) is 10.0. The summed E-state index contributed by atoms with van der Waals surface area (Å²) in [4.78, 5) is 6.92. The molecule has 3 heteroatoms. The first kappa shape index (κ1) is 13.7. The van der Waals surface area contributed by atoms with Gasteiger partial charge in [-0.25, -0.2) is 4.98 Å². The lowest BCUT2D eigenvalue weighted by Gasteiger charge is -1.97. The summed E-state index contributed by atoms with van der Waals surface area (Å²) in [5.74, 6) is 0.581. The van der Waals surface area contributed by atoms with Gasteiger partial charge in [-0.05, 0) is 30.7 Å². The van der Waals surface area contributed by atoms with Gasteiger partial charge in [-0.3, -0.25) is 0 Å². The van der Waals surface area contributed by atoms with Gasteiger partial charge in [0.05, 0.1) is 10.6 Å². The minimum atomic E-state index is 0.581. The Kier molecular flexibility index (Phi) is 5.70. The maximum Gasteiger partial charge on any atom is 0.124 e. The zero-order chi connectivity index (χ0) is 12.7. The number of nitrogens with two attached hydrogens (primary N) is 1. The molecule has 0 fully saturated rings. The number of aryl methyl sites for hydroxylation is 1. The summed E-state index contributed by atoms with van der Waals surface area (Å²) >= 11 is 1.80. The molecule has 2 heterocycles. The second kappa shape index (κ2) is 7.07. The van der Waals surface area contributed by atoms with Crippen LogP contribution >= 0.6 is 11.3 Å². The predicted molar refractivity (Wildman–Crippen MR) is 77.3 cm³/mol. The maximum absolute atomic E-state index is 5.65. The van der Waals surface area contributed by atoms with E-state index in [1.54, 1.807) is 11.3 Å². The fraction of sp³-hybridized carbons (Fsp3) is 0.357. The van der Waals surface area contributed by atoms with Crippen molar-refractivity contribution in [1.82, 2.24) is 4.98 Å². The molecular weight excluding hydrogens is 228 g/mol. The van der Waals surface area contributed by atoms with Crippen molar-refractivity contribution >= 4 is 17.2 Å². The molecule has 0 spiro atoms. The average molecular weight is 248 g/mol. The quantitative estimate of drug-likeness (QED) is 0.876. The second-order valence-corrected chi connectivity index (χ2v) is 4.63. The first-order chi connectivity index (χ1) is 8.29. The van der Waals surface area contributed by atoms with Crippen molar-refractivity contribution in [2.24, 2.45) is 0 Å². The van der Waals surface area contributed by atoms with Crippen LogP contribution in [0.25, 0.3) is 10.6 Å². The van der Waals surface area contributed by atoms with E-state index in [1.165, 1.54) is 16.2 Å². The van der Waals surface area contributed by atoms with Gasteiger partial charge in [-0.1, -0.05) is 33.3 Å². The molecule has 2 aromatic heterocycles. The number of hydrogen-bond donors (Lipinski definition) is 1. The first-order valence-corrected chi connectivity index (χ1v) is 6.93. The number of aromatic nitrogens is 1. The standard InChI is InChI=1S/C12H14N2S.C2H6/c1-2-4-9-7-8-11(15-9)10-5-3-6-12(13)14-10;1-2/h3,5-8H,2,4H2,1H3,(H2,13,14);1-2H3. The van der Waals surface area contributed by atoms with Gasteiger partial charge in [0.1, 0.15) is 5.82 Å². The Bertz CT molecular complexity index is 449. The summed E-state index contributed by atoms with van der Waals surface area (Å²) in [6.07, 6.45) is 2.33. The molecule has 0 saturated heterocycles. The summed E-state index contributed by atoms with van der Waals surface area (Å²) in [6.45, 7) is 6.19.